The molecule has 2 amide bonds. The molecule has 1 spiro atoms. The first kappa shape index (κ1) is 8.17. The standard InChI is InChI=1S/C10H12N2O2/c11-12-8(13)5-10(9(12)14)4-6-1-2-7(10)3-6/h1-2,6-7H,3-5,11H2. The van der Waals surface area contributed by atoms with Gasteiger partial charge in [0.05, 0.1) is 5.41 Å². The molecule has 0 radical (unpaired) electrons. The Labute approximate surface area is 81.7 Å². The third-order valence-corrected chi connectivity index (χ3v) is 3.89. The monoisotopic (exact) mass is 192 g/mol. The highest BCUT2D eigenvalue weighted by molar-refractivity contribution is 6.05. The zero-order valence-corrected chi connectivity index (χ0v) is 7.77. The second-order valence-electron chi connectivity index (χ2n) is 4.59. The van der Waals surface area contributed by atoms with E-state index in [0.29, 0.717) is 12.3 Å². The maximum absolute atomic E-state index is 11.9. The number of nitrogens with two attached hydrogens (primary N) is 1. The highest BCUT2D eigenvalue weighted by Crippen LogP contribution is 2.56. The molecule has 2 N–H and O–H groups in total. The highest BCUT2D eigenvalue weighted by atomic mass is 16.2. The van der Waals surface area contributed by atoms with E-state index in [4.69, 9.17) is 5.84 Å². The van der Waals surface area contributed by atoms with Gasteiger partial charge in [-0.2, -0.15) is 0 Å². The zero-order chi connectivity index (χ0) is 9.92. The molecule has 74 valence electrons. The molecule has 2 fully saturated rings. The molecule has 2 bridgehead atoms. The molecule has 0 aromatic carbocycles. The van der Waals surface area contributed by atoms with Gasteiger partial charge in [0.1, 0.15) is 0 Å². The number of hydrogen-bond acceptors (Lipinski definition) is 3. The van der Waals surface area contributed by atoms with Crippen LogP contribution in [-0.2, 0) is 9.59 Å². The number of hydrazine groups is 1. The van der Waals surface area contributed by atoms with Crippen LogP contribution >= 0.6 is 0 Å². The minimum absolute atomic E-state index is 0.167. The Bertz CT molecular complexity index is 363. The number of carbonyl (C=O) groups excluding carboxylic acids is 2. The normalized spacial score (nSPS) is 44.8. The van der Waals surface area contributed by atoms with Crippen molar-refractivity contribution in [2.24, 2.45) is 23.1 Å². The maximum Gasteiger partial charge on any atom is 0.250 e. The summed E-state index contributed by atoms with van der Waals surface area (Å²) >= 11 is 0. The van der Waals surface area contributed by atoms with E-state index in [1.54, 1.807) is 0 Å². The molecule has 3 aliphatic rings. The summed E-state index contributed by atoms with van der Waals surface area (Å²) in [5.41, 5.74) is -0.467. The molecule has 2 aliphatic carbocycles. The number of rotatable bonds is 0. The highest BCUT2D eigenvalue weighted by Gasteiger charge is 2.60. The van der Waals surface area contributed by atoms with Crippen LogP contribution in [0.3, 0.4) is 0 Å². The maximum atomic E-state index is 11.9. The van der Waals surface area contributed by atoms with E-state index in [2.05, 4.69) is 12.2 Å². The van der Waals surface area contributed by atoms with E-state index >= 15 is 0 Å². The van der Waals surface area contributed by atoms with Gasteiger partial charge >= 0.3 is 0 Å². The first-order chi connectivity index (χ1) is 6.63. The molecule has 1 saturated heterocycles. The van der Waals surface area contributed by atoms with Crippen molar-refractivity contribution in [3.63, 3.8) is 0 Å². The molecule has 14 heavy (non-hydrogen) atoms. The minimum atomic E-state index is -0.467. The molecule has 1 aliphatic heterocycles. The van der Waals surface area contributed by atoms with Crippen molar-refractivity contribution in [3.05, 3.63) is 12.2 Å². The van der Waals surface area contributed by atoms with Crippen LogP contribution in [0.25, 0.3) is 0 Å². The predicted molar refractivity (Wildman–Crippen MR) is 48.4 cm³/mol. The summed E-state index contributed by atoms with van der Waals surface area (Å²) in [7, 11) is 0. The van der Waals surface area contributed by atoms with E-state index in [1.807, 2.05) is 0 Å². The Hall–Kier alpha value is -1.16. The third-order valence-electron chi connectivity index (χ3n) is 3.89. The van der Waals surface area contributed by atoms with Crippen molar-refractivity contribution in [1.82, 2.24) is 5.01 Å². The van der Waals surface area contributed by atoms with E-state index in [-0.39, 0.29) is 17.7 Å². The van der Waals surface area contributed by atoms with Gasteiger partial charge in [0, 0.05) is 6.42 Å². The Balaban J connectivity index is 2.03. The molecule has 3 rings (SSSR count). The Kier molecular flexibility index (Phi) is 1.32. The number of fused-ring (bicyclic) bond motifs is 3. The van der Waals surface area contributed by atoms with Gasteiger partial charge in [0.2, 0.25) is 5.91 Å². The van der Waals surface area contributed by atoms with Gasteiger partial charge in [-0.25, -0.2) is 10.9 Å². The van der Waals surface area contributed by atoms with Gasteiger partial charge in [-0.15, -0.1) is 0 Å². The van der Waals surface area contributed by atoms with Crippen LogP contribution in [0.1, 0.15) is 19.3 Å². The molecular weight excluding hydrogens is 180 g/mol. The number of carbonyl (C=O) groups is 2. The van der Waals surface area contributed by atoms with Crippen LogP contribution < -0.4 is 5.84 Å². The van der Waals surface area contributed by atoms with Crippen LogP contribution in [-0.4, -0.2) is 16.8 Å². The minimum Gasteiger partial charge on any atom is -0.273 e. The summed E-state index contributed by atoms with van der Waals surface area (Å²) in [5.74, 6) is 5.76. The van der Waals surface area contributed by atoms with Crippen molar-refractivity contribution >= 4 is 11.8 Å². The molecule has 3 atom stereocenters. The molecule has 1 saturated carbocycles. The molecule has 3 unspecified atom stereocenters. The van der Waals surface area contributed by atoms with Crippen LogP contribution in [0.4, 0.5) is 0 Å². The Morgan fingerprint density at radius 3 is 2.64 bits per heavy atom. The molecule has 0 aromatic heterocycles. The second-order valence-corrected chi connectivity index (χ2v) is 4.59. The molecular formula is C10H12N2O2. The van der Waals surface area contributed by atoms with Gasteiger partial charge in [-0.05, 0) is 24.7 Å². The van der Waals surface area contributed by atoms with Crippen LogP contribution in [0.2, 0.25) is 0 Å². The smallest absolute Gasteiger partial charge is 0.250 e. The van der Waals surface area contributed by atoms with E-state index < -0.39 is 5.41 Å². The Morgan fingerprint density at radius 2 is 2.21 bits per heavy atom. The summed E-state index contributed by atoms with van der Waals surface area (Å²) in [4.78, 5) is 23.3. The van der Waals surface area contributed by atoms with Gasteiger partial charge in [0.25, 0.3) is 5.91 Å². The van der Waals surface area contributed by atoms with Crippen molar-refractivity contribution in [2.75, 3.05) is 0 Å². The first-order valence-electron chi connectivity index (χ1n) is 4.94. The van der Waals surface area contributed by atoms with E-state index in [1.165, 1.54) is 0 Å². The van der Waals surface area contributed by atoms with Gasteiger partial charge in [0.15, 0.2) is 0 Å². The predicted octanol–water partition coefficient (Wildman–Crippen LogP) is 0.201. The molecule has 4 heteroatoms. The van der Waals surface area contributed by atoms with Crippen LogP contribution in [0, 0.1) is 17.3 Å². The lowest BCUT2D eigenvalue weighted by Gasteiger charge is -2.27. The SMILES string of the molecule is NN1C(=O)CC2(CC3C=CC2C3)C1=O. The summed E-state index contributed by atoms with van der Waals surface area (Å²) in [6.45, 7) is 0. The number of allylic oxidation sites excluding steroid dienone is 2. The number of hydrogen-bond donors (Lipinski definition) is 1. The fraction of sp³-hybridized carbons (Fsp3) is 0.600. The first-order valence-corrected chi connectivity index (χ1v) is 4.94. The topological polar surface area (TPSA) is 63.4 Å². The summed E-state index contributed by atoms with van der Waals surface area (Å²) in [6.07, 6.45) is 6.39. The molecule has 1 heterocycles. The second kappa shape index (κ2) is 2.25. The van der Waals surface area contributed by atoms with Crippen molar-refractivity contribution in [2.45, 2.75) is 19.3 Å². The third kappa shape index (κ3) is 0.733. The average Bonchev–Trinajstić information content (AvgIpc) is 2.79. The number of amides is 2. The number of nitrogens with zero attached hydrogens (tertiary/aromatic N) is 1. The zero-order valence-electron chi connectivity index (χ0n) is 7.77. The van der Waals surface area contributed by atoms with Crippen molar-refractivity contribution in [3.8, 4) is 0 Å². The quantitative estimate of drug-likeness (QED) is 0.258. The lowest BCUT2D eigenvalue weighted by Crippen LogP contribution is -2.41. The van der Waals surface area contributed by atoms with E-state index in [0.717, 1.165) is 17.9 Å². The van der Waals surface area contributed by atoms with E-state index in [9.17, 15) is 9.59 Å². The van der Waals surface area contributed by atoms with Gasteiger partial charge < -0.3 is 0 Å². The van der Waals surface area contributed by atoms with Gasteiger partial charge in [-0.3, -0.25) is 9.59 Å². The summed E-state index contributed by atoms with van der Waals surface area (Å²) in [5, 5.41) is 0.814. The average molecular weight is 192 g/mol. The van der Waals surface area contributed by atoms with Crippen molar-refractivity contribution in [1.29, 1.82) is 0 Å². The van der Waals surface area contributed by atoms with Crippen molar-refractivity contribution < 1.29 is 9.59 Å². The number of imide groups is 1. The fourth-order valence-corrected chi connectivity index (χ4v) is 3.19. The lowest BCUT2D eigenvalue weighted by molar-refractivity contribution is -0.142. The fourth-order valence-electron chi connectivity index (χ4n) is 3.19. The Morgan fingerprint density at radius 1 is 1.43 bits per heavy atom. The summed E-state index contributed by atoms with van der Waals surface area (Å²) < 4.78 is 0. The lowest BCUT2D eigenvalue weighted by atomic mass is 9.74. The van der Waals surface area contributed by atoms with Gasteiger partial charge in [-0.1, -0.05) is 12.2 Å². The molecule has 0 aromatic rings. The summed E-state index contributed by atoms with van der Waals surface area (Å²) in [6, 6.07) is 0. The molecule has 4 nitrogen and oxygen atoms in total. The largest absolute Gasteiger partial charge is 0.273 e. The van der Waals surface area contributed by atoms with Crippen LogP contribution in [0.15, 0.2) is 12.2 Å². The van der Waals surface area contributed by atoms with Crippen LogP contribution in [0.5, 0.6) is 0 Å².